The van der Waals surface area contributed by atoms with Crippen molar-refractivity contribution < 1.29 is 9.15 Å². The Labute approximate surface area is 126 Å². The second-order valence-electron chi connectivity index (χ2n) is 6.27. The van der Waals surface area contributed by atoms with Crippen LogP contribution in [0.25, 0.3) is 0 Å². The molecule has 0 aromatic carbocycles. The third-order valence-electron chi connectivity index (χ3n) is 3.21. The highest BCUT2D eigenvalue weighted by molar-refractivity contribution is 5.27. The summed E-state index contributed by atoms with van der Waals surface area (Å²) in [6.45, 7) is 11.5. The molecule has 0 saturated heterocycles. The molecule has 114 valence electrons. The lowest BCUT2D eigenvalue weighted by Gasteiger charge is -2.19. The van der Waals surface area contributed by atoms with E-state index in [0.29, 0.717) is 6.61 Å². The minimum Gasteiger partial charge on any atom is -0.487 e. The van der Waals surface area contributed by atoms with Crippen LogP contribution in [0.15, 0.2) is 28.8 Å². The van der Waals surface area contributed by atoms with Crippen LogP contribution in [-0.4, -0.2) is 10.5 Å². The predicted molar refractivity (Wildman–Crippen MR) is 83.3 cm³/mol. The first-order valence-corrected chi connectivity index (χ1v) is 7.23. The Morgan fingerprint density at radius 3 is 2.71 bits per heavy atom. The van der Waals surface area contributed by atoms with Gasteiger partial charge >= 0.3 is 0 Å². The van der Waals surface area contributed by atoms with E-state index < -0.39 is 0 Å². The van der Waals surface area contributed by atoms with Crippen LogP contribution in [0.5, 0.6) is 5.75 Å². The first-order chi connectivity index (χ1) is 9.85. The Balaban J connectivity index is 1.98. The van der Waals surface area contributed by atoms with Crippen molar-refractivity contribution in [2.24, 2.45) is 0 Å². The van der Waals surface area contributed by atoms with E-state index in [1.807, 2.05) is 26.0 Å². The van der Waals surface area contributed by atoms with Gasteiger partial charge in [0.2, 0.25) is 0 Å². The van der Waals surface area contributed by atoms with Crippen LogP contribution in [0.3, 0.4) is 0 Å². The number of nitrogens with zero attached hydrogens (tertiary/aromatic N) is 1. The van der Waals surface area contributed by atoms with Crippen LogP contribution in [0.4, 0.5) is 0 Å². The molecule has 0 radical (unpaired) electrons. The van der Waals surface area contributed by atoms with Crippen LogP contribution in [-0.2, 0) is 13.2 Å². The summed E-state index contributed by atoms with van der Waals surface area (Å²) in [5.41, 5.74) is 2.04. The molecule has 2 heterocycles. The molecule has 2 aromatic heterocycles. The van der Waals surface area contributed by atoms with E-state index in [4.69, 9.17) is 9.15 Å². The van der Waals surface area contributed by atoms with Gasteiger partial charge in [0.25, 0.3) is 0 Å². The topological polar surface area (TPSA) is 47.3 Å². The maximum absolute atomic E-state index is 5.82. The number of ether oxygens (including phenoxy) is 1. The molecular weight excluding hydrogens is 264 g/mol. The smallest absolute Gasteiger partial charge is 0.141 e. The Kier molecular flexibility index (Phi) is 4.68. The number of rotatable bonds is 5. The average Bonchev–Trinajstić information content (AvgIpc) is 2.75. The second-order valence-corrected chi connectivity index (χ2v) is 6.27. The number of pyridine rings is 1. The standard InChI is InChI=1S/C17H24N2O2/c1-12-16(7-6-8-18-12)20-11-14-9-15(21-13(14)2)10-19-17(3,4)5/h6-9,19H,10-11H2,1-5H3. The molecule has 1 N–H and O–H groups in total. The summed E-state index contributed by atoms with van der Waals surface area (Å²) in [6, 6.07) is 5.86. The van der Waals surface area contributed by atoms with Gasteiger partial charge in [-0.15, -0.1) is 0 Å². The summed E-state index contributed by atoms with van der Waals surface area (Å²) in [7, 11) is 0. The van der Waals surface area contributed by atoms with Crippen molar-refractivity contribution in [1.82, 2.24) is 10.3 Å². The fraction of sp³-hybridized carbons (Fsp3) is 0.471. The zero-order valence-corrected chi connectivity index (χ0v) is 13.5. The number of hydrogen-bond acceptors (Lipinski definition) is 4. The van der Waals surface area contributed by atoms with Crippen molar-refractivity contribution in [2.45, 2.75) is 53.3 Å². The molecule has 0 atom stereocenters. The SMILES string of the molecule is Cc1ncccc1OCc1cc(CNC(C)(C)C)oc1C. The van der Waals surface area contributed by atoms with Crippen LogP contribution in [0.1, 0.15) is 43.5 Å². The van der Waals surface area contributed by atoms with Crippen molar-refractivity contribution in [3.63, 3.8) is 0 Å². The van der Waals surface area contributed by atoms with Gasteiger partial charge < -0.3 is 14.5 Å². The van der Waals surface area contributed by atoms with Crippen molar-refractivity contribution in [2.75, 3.05) is 0 Å². The Morgan fingerprint density at radius 1 is 1.29 bits per heavy atom. The van der Waals surface area contributed by atoms with Crippen LogP contribution < -0.4 is 10.1 Å². The highest BCUT2D eigenvalue weighted by Gasteiger charge is 2.13. The third-order valence-corrected chi connectivity index (χ3v) is 3.21. The summed E-state index contributed by atoms with van der Waals surface area (Å²) in [5.74, 6) is 2.65. The summed E-state index contributed by atoms with van der Waals surface area (Å²) in [5, 5.41) is 3.42. The van der Waals surface area contributed by atoms with Gasteiger partial charge in [0.1, 0.15) is 23.9 Å². The maximum Gasteiger partial charge on any atom is 0.141 e. The van der Waals surface area contributed by atoms with E-state index >= 15 is 0 Å². The molecule has 2 rings (SSSR count). The predicted octanol–water partition coefficient (Wildman–Crippen LogP) is 3.76. The maximum atomic E-state index is 5.82. The lowest BCUT2D eigenvalue weighted by atomic mass is 10.1. The summed E-state index contributed by atoms with van der Waals surface area (Å²) < 4.78 is 11.6. The van der Waals surface area contributed by atoms with Crippen molar-refractivity contribution in [3.05, 3.63) is 47.2 Å². The largest absolute Gasteiger partial charge is 0.487 e. The molecule has 0 bridgehead atoms. The normalized spacial score (nSPS) is 11.7. The van der Waals surface area contributed by atoms with Crippen molar-refractivity contribution in [3.8, 4) is 5.75 Å². The molecule has 0 aliphatic rings. The quantitative estimate of drug-likeness (QED) is 0.910. The van der Waals surface area contributed by atoms with Gasteiger partial charge in [-0.2, -0.15) is 0 Å². The highest BCUT2D eigenvalue weighted by Crippen LogP contribution is 2.20. The fourth-order valence-electron chi connectivity index (χ4n) is 1.95. The van der Waals surface area contributed by atoms with Crippen molar-refractivity contribution in [1.29, 1.82) is 0 Å². The Bertz CT molecular complexity index is 597. The molecule has 0 aliphatic heterocycles. The fourth-order valence-corrected chi connectivity index (χ4v) is 1.95. The number of furan rings is 1. The van der Waals surface area contributed by atoms with E-state index in [0.717, 1.165) is 35.1 Å². The summed E-state index contributed by atoms with van der Waals surface area (Å²) >= 11 is 0. The van der Waals surface area contributed by atoms with Crippen LogP contribution >= 0.6 is 0 Å². The molecule has 0 amide bonds. The molecule has 0 saturated carbocycles. The van der Waals surface area contributed by atoms with Crippen molar-refractivity contribution >= 4 is 0 Å². The number of aryl methyl sites for hydroxylation is 2. The van der Waals surface area contributed by atoms with Crippen LogP contribution in [0.2, 0.25) is 0 Å². The lowest BCUT2D eigenvalue weighted by molar-refractivity contribution is 0.299. The molecule has 21 heavy (non-hydrogen) atoms. The molecule has 0 aliphatic carbocycles. The van der Waals surface area contributed by atoms with E-state index in [-0.39, 0.29) is 5.54 Å². The van der Waals surface area contributed by atoms with E-state index in [9.17, 15) is 0 Å². The van der Waals surface area contributed by atoms with Gasteiger partial charge in [-0.3, -0.25) is 4.98 Å². The van der Waals surface area contributed by atoms with Gasteiger partial charge in [0.15, 0.2) is 0 Å². The minimum atomic E-state index is 0.0736. The molecule has 4 heteroatoms. The van der Waals surface area contributed by atoms with E-state index in [1.54, 1.807) is 6.20 Å². The summed E-state index contributed by atoms with van der Waals surface area (Å²) in [4.78, 5) is 4.22. The first-order valence-electron chi connectivity index (χ1n) is 7.23. The molecule has 0 unspecified atom stereocenters. The minimum absolute atomic E-state index is 0.0736. The zero-order valence-electron chi connectivity index (χ0n) is 13.5. The second kappa shape index (κ2) is 6.31. The molecule has 2 aromatic rings. The number of hydrogen-bond donors (Lipinski definition) is 1. The molecule has 0 fully saturated rings. The average molecular weight is 288 g/mol. The zero-order chi connectivity index (χ0) is 15.5. The monoisotopic (exact) mass is 288 g/mol. The molecule has 4 nitrogen and oxygen atoms in total. The first kappa shape index (κ1) is 15.6. The van der Waals surface area contributed by atoms with Crippen LogP contribution in [0, 0.1) is 13.8 Å². The molecular formula is C17H24N2O2. The number of nitrogens with one attached hydrogen (secondary N) is 1. The van der Waals surface area contributed by atoms with Gasteiger partial charge in [-0.1, -0.05) is 0 Å². The lowest BCUT2D eigenvalue weighted by Crippen LogP contribution is -2.34. The Morgan fingerprint density at radius 2 is 2.05 bits per heavy atom. The summed E-state index contributed by atoms with van der Waals surface area (Å²) in [6.07, 6.45) is 1.77. The molecule has 0 spiro atoms. The van der Waals surface area contributed by atoms with E-state index in [2.05, 4.69) is 37.1 Å². The highest BCUT2D eigenvalue weighted by atomic mass is 16.5. The third kappa shape index (κ3) is 4.60. The van der Waals surface area contributed by atoms with Gasteiger partial charge in [-0.05, 0) is 52.8 Å². The number of aromatic nitrogens is 1. The van der Waals surface area contributed by atoms with Gasteiger partial charge in [0.05, 0.1) is 12.2 Å². The Hall–Kier alpha value is -1.81. The van der Waals surface area contributed by atoms with E-state index in [1.165, 1.54) is 0 Å². The van der Waals surface area contributed by atoms with Gasteiger partial charge in [0, 0.05) is 17.3 Å². The van der Waals surface area contributed by atoms with Gasteiger partial charge in [-0.25, -0.2) is 0 Å².